The maximum Gasteiger partial charge on any atom is 0.224 e. The van der Waals surface area contributed by atoms with Crippen LogP contribution < -0.4 is 10.4 Å². The summed E-state index contributed by atoms with van der Waals surface area (Å²) in [5, 5.41) is 12.5. The van der Waals surface area contributed by atoms with E-state index in [1.54, 1.807) is 0 Å². The molecule has 4 nitrogen and oxygen atoms in total. The molecule has 0 aliphatic rings. The summed E-state index contributed by atoms with van der Waals surface area (Å²) in [5.74, 6) is -2.11. The summed E-state index contributed by atoms with van der Waals surface area (Å²) in [6.07, 6.45) is 0.0870. The molecular formula is C11H10ClFNO3-. The molecule has 1 amide bonds. The highest BCUT2D eigenvalue weighted by Gasteiger charge is 2.05. The van der Waals surface area contributed by atoms with Crippen molar-refractivity contribution >= 4 is 29.2 Å². The Hall–Kier alpha value is -1.62. The van der Waals surface area contributed by atoms with Gasteiger partial charge in [0.2, 0.25) is 5.91 Å². The normalized spacial score (nSPS) is 10.0. The van der Waals surface area contributed by atoms with Gasteiger partial charge >= 0.3 is 0 Å². The maximum atomic E-state index is 12.8. The molecule has 1 aromatic carbocycles. The Labute approximate surface area is 102 Å². The summed E-state index contributed by atoms with van der Waals surface area (Å²) in [6, 6.07) is 3.80. The van der Waals surface area contributed by atoms with E-state index in [2.05, 4.69) is 5.32 Å². The third kappa shape index (κ3) is 4.82. The smallest absolute Gasteiger partial charge is 0.224 e. The molecule has 92 valence electrons. The molecule has 6 heteroatoms. The highest BCUT2D eigenvalue weighted by molar-refractivity contribution is 6.31. The van der Waals surface area contributed by atoms with Gasteiger partial charge in [0.15, 0.2) is 0 Å². The quantitative estimate of drug-likeness (QED) is 0.866. The van der Waals surface area contributed by atoms with Crippen molar-refractivity contribution in [2.45, 2.75) is 19.3 Å². The van der Waals surface area contributed by atoms with Crippen molar-refractivity contribution < 1.29 is 19.1 Å². The number of carboxylic acid groups (broad SMARTS) is 1. The molecule has 0 fully saturated rings. The van der Waals surface area contributed by atoms with Crippen molar-refractivity contribution in [1.82, 2.24) is 0 Å². The molecule has 1 rings (SSSR count). The molecule has 0 saturated heterocycles. The fourth-order valence-electron chi connectivity index (χ4n) is 1.19. The maximum absolute atomic E-state index is 12.8. The highest BCUT2D eigenvalue weighted by Crippen LogP contribution is 2.19. The van der Waals surface area contributed by atoms with Gasteiger partial charge in [-0.25, -0.2) is 4.39 Å². The van der Waals surface area contributed by atoms with E-state index in [-0.39, 0.29) is 30.2 Å². The minimum absolute atomic E-state index is 0.0585. The Morgan fingerprint density at radius 2 is 2.06 bits per heavy atom. The van der Waals surface area contributed by atoms with Crippen molar-refractivity contribution in [1.29, 1.82) is 0 Å². The van der Waals surface area contributed by atoms with E-state index in [9.17, 15) is 19.1 Å². The van der Waals surface area contributed by atoms with Crippen LogP contribution in [-0.4, -0.2) is 11.9 Å². The largest absolute Gasteiger partial charge is 0.550 e. The first kappa shape index (κ1) is 13.4. The molecule has 0 aromatic heterocycles. The first-order chi connectivity index (χ1) is 7.99. The second-order valence-electron chi connectivity index (χ2n) is 3.40. The predicted molar refractivity (Wildman–Crippen MR) is 58.9 cm³/mol. The number of carboxylic acids is 1. The molecule has 0 radical (unpaired) electrons. The monoisotopic (exact) mass is 258 g/mol. The number of anilines is 1. The van der Waals surface area contributed by atoms with Crippen LogP contribution in [0.25, 0.3) is 0 Å². The van der Waals surface area contributed by atoms with Gasteiger partial charge in [0.25, 0.3) is 0 Å². The van der Waals surface area contributed by atoms with E-state index in [1.807, 2.05) is 0 Å². The van der Waals surface area contributed by atoms with E-state index < -0.39 is 11.8 Å². The first-order valence-corrected chi connectivity index (χ1v) is 5.31. The van der Waals surface area contributed by atoms with Crippen molar-refractivity contribution in [2.75, 3.05) is 5.32 Å². The highest BCUT2D eigenvalue weighted by atomic mass is 35.5. The Balaban J connectivity index is 2.45. The number of benzene rings is 1. The zero-order chi connectivity index (χ0) is 12.8. The summed E-state index contributed by atoms with van der Waals surface area (Å²) < 4.78 is 12.8. The lowest BCUT2D eigenvalue weighted by molar-refractivity contribution is -0.305. The first-order valence-electron chi connectivity index (χ1n) is 4.94. The molecule has 0 saturated carbocycles. The molecule has 0 atom stereocenters. The van der Waals surface area contributed by atoms with Gasteiger partial charge in [0.1, 0.15) is 5.82 Å². The van der Waals surface area contributed by atoms with Crippen LogP contribution in [0.4, 0.5) is 10.1 Å². The molecule has 17 heavy (non-hydrogen) atoms. The lowest BCUT2D eigenvalue weighted by Crippen LogP contribution is -2.22. The van der Waals surface area contributed by atoms with Crippen LogP contribution in [0, 0.1) is 5.82 Å². The van der Waals surface area contributed by atoms with Crippen LogP contribution in [-0.2, 0) is 9.59 Å². The minimum atomic E-state index is -1.19. The molecule has 0 spiro atoms. The second-order valence-corrected chi connectivity index (χ2v) is 3.81. The van der Waals surface area contributed by atoms with Crippen molar-refractivity contribution in [3.8, 4) is 0 Å². The lowest BCUT2D eigenvalue weighted by atomic mass is 10.2. The Morgan fingerprint density at radius 3 is 2.65 bits per heavy atom. The molecular weight excluding hydrogens is 249 g/mol. The zero-order valence-electron chi connectivity index (χ0n) is 8.83. The van der Waals surface area contributed by atoms with Gasteiger partial charge in [0, 0.05) is 18.1 Å². The van der Waals surface area contributed by atoms with Crippen LogP contribution in [0.1, 0.15) is 19.3 Å². The van der Waals surface area contributed by atoms with Gasteiger partial charge in [-0.3, -0.25) is 4.79 Å². The van der Waals surface area contributed by atoms with Crippen LogP contribution in [0.3, 0.4) is 0 Å². The van der Waals surface area contributed by atoms with E-state index in [4.69, 9.17) is 11.6 Å². The third-order valence-electron chi connectivity index (χ3n) is 1.99. The van der Waals surface area contributed by atoms with Gasteiger partial charge in [-0.2, -0.15) is 0 Å². The lowest BCUT2D eigenvalue weighted by Gasteiger charge is -2.06. The van der Waals surface area contributed by atoms with Crippen LogP contribution in [0.5, 0.6) is 0 Å². The Kier molecular flexibility index (Phi) is 4.90. The summed E-state index contributed by atoms with van der Waals surface area (Å²) in [7, 11) is 0. The third-order valence-corrected chi connectivity index (χ3v) is 2.28. The summed E-state index contributed by atoms with van der Waals surface area (Å²) in [5.41, 5.74) is 0.370. The molecule has 0 aliphatic carbocycles. The number of nitrogens with one attached hydrogen (secondary N) is 1. The van der Waals surface area contributed by atoms with E-state index in [1.165, 1.54) is 12.1 Å². The fraction of sp³-hybridized carbons (Fsp3) is 0.273. The van der Waals surface area contributed by atoms with Crippen LogP contribution >= 0.6 is 11.6 Å². The van der Waals surface area contributed by atoms with Gasteiger partial charge in [0.05, 0.1) is 5.02 Å². The molecule has 1 aromatic rings. The number of aliphatic carboxylic acids is 1. The number of carbonyl (C=O) groups excluding carboxylic acids is 2. The number of amides is 1. The molecule has 0 bridgehead atoms. The number of hydrogen-bond donors (Lipinski definition) is 1. The van der Waals surface area contributed by atoms with Crippen molar-refractivity contribution in [3.05, 3.63) is 29.0 Å². The van der Waals surface area contributed by atoms with E-state index in [0.29, 0.717) is 5.69 Å². The standard InChI is InChI=1S/C11H11ClFNO3/c12-8-6-7(4-5-9(8)13)14-10(15)2-1-3-11(16)17/h4-6H,1-3H2,(H,14,15)(H,16,17)/p-1. The molecule has 0 unspecified atom stereocenters. The Bertz CT molecular complexity index is 437. The topological polar surface area (TPSA) is 69.2 Å². The average Bonchev–Trinajstić information content (AvgIpc) is 2.23. The van der Waals surface area contributed by atoms with Crippen LogP contribution in [0.2, 0.25) is 5.02 Å². The van der Waals surface area contributed by atoms with Crippen LogP contribution in [0.15, 0.2) is 18.2 Å². The SMILES string of the molecule is O=C([O-])CCCC(=O)Nc1ccc(F)c(Cl)c1. The average molecular weight is 259 g/mol. The van der Waals surface area contributed by atoms with E-state index in [0.717, 1.165) is 6.07 Å². The molecule has 1 N–H and O–H groups in total. The number of hydrogen-bond acceptors (Lipinski definition) is 3. The minimum Gasteiger partial charge on any atom is -0.550 e. The summed E-state index contributed by atoms with van der Waals surface area (Å²) in [6.45, 7) is 0. The van der Waals surface area contributed by atoms with Gasteiger partial charge in [-0.15, -0.1) is 0 Å². The van der Waals surface area contributed by atoms with Gasteiger partial charge in [-0.1, -0.05) is 11.6 Å². The zero-order valence-corrected chi connectivity index (χ0v) is 9.59. The summed E-state index contributed by atoms with van der Waals surface area (Å²) >= 11 is 5.53. The predicted octanol–water partition coefficient (Wildman–Crippen LogP) is 1.34. The fourth-order valence-corrected chi connectivity index (χ4v) is 1.37. The van der Waals surface area contributed by atoms with Gasteiger partial charge in [-0.05, 0) is 31.0 Å². The van der Waals surface area contributed by atoms with Gasteiger partial charge < -0.3 is 15.2 Å². The molecule has 0 aliphatic heterocycles. The second kappa shape index (κ2) is 6.20. The summed E-state index contributed by atoms with van der Waals surface area (Å²) in [4.78, 5) is 21.4. The van der Waals surface area contributed by atoms with Crippen molar-refractivity contribution in [3.63, 3.8) is 0 Å². The number of rotatable bonds is 5. The number of halogens is 2. The van der Waals surface area contributed by atoms with E-state index >= 15 is 0 Å². The molecule has 0 heterocycles. The van der Waals surface area contributed by atoms with Crippen molar-refractivity contribution in [2.24, 2.45) is 0 Å². The Morgan fingerprint density at radius 1 is 1.35 bits per heavy atom. The number of carbonyl (C=O) groups is 2.